The largest absolute Gasteiger partial charge is 0.407 e. The van der Waals surface area contributed by atoms with Crippen LogP contribution >= 0.6 is 0 Å². The normalized spacial score (nSPS) is 11.0. The van der Waals surface area contributed by atoms with Gasteiger partial charge < -0.3 is 10.4 Å². The van der Waals surface area contributed by atoms with Crippen molar-refractivity contribution >= 4 is 11.4 Å². The number of aliphatic hydroxyl groups is 1. The van der Waals surface area contributed by atoms with E-state index < -0.39 is 17.4 Å². The van der Waals surface area contributed by atoms with Crippen LogP contribution in [0.25, 0.3) is 4.85 Å². The third-order valence-corrected chi connectivity index (χ3v) is 2.09. The molecule has 0 aliphatic rings. The Hall–Kier alpha value is -1.74. The lowest BCUT2D eigenvalue weighted by atomic mass is 10.1. The molecule has 1 aromatic rings. The van der Waals surface area contributed by atoms with Crippen LogP contribution in [0.4, 0.5) is 24.5 Å². The molecule has 2 N–H and O–H groups in total. The highest BCUT2D eigenvalue weighted by molar-refractivity contribution is 5.61. The van der Waals surface area contributed by atoms with E-state index in [0.717, 1.165) is 12.1 Å². The molecule has 0 aliphatic carbocycles. The maximum absolute atomic E-state index is 12.6. The second kappa shape index (κ2) is 5.55. The third kappa shape index (κ3) is 3.64. The zero-order valence-corrected chi connectivity index (χ0v) is 8.88. The molecule has 0 saturated heterocycles. The van der Waals surface area contributed by atoms with E-state index in [9.17, 15) is 13.2 Å². The van der Waals surface area contributed by atoms with Crippen molar-refractivity contribution in [2.75, 3.05) is 18.5 Å². The van der Waals surface area contributed by atoms with Crippen LogP contribution in [0.1, 0.15) is 12.0 Å². The summed E-state index contributed by atoms with van der Waals surface area (Å²) < 4.78 is 37.8. The number of nitrogens with one attached hydrogen (secondary N) is 1. The molecule has 1 aromatic carbocycles. The maximum atomic E-state index is 12.6. The van der Waals surface area contributed by atoms with Crippen molar-refractivity contribution in [2.24, 2.45) is 0 Å². The molecule has 3 nitrogen and oxygen atoms in total. The summed E-state index contributed by atoms with van der Waals surface area (Å²) in [5.74, 6) is 0. The summed E-state index contributed by atoms with van der Waals surface area (Å²) >= 11 is 0. The van der Waals surface area contributed by atoms with Crippen LogP contribution in [0, 0.1) is 6.57 Å². The molecular weight excluding hydrogens is 233 g/mol. The minimum Gasteiger partial charge on any atom is -0.396 e. The van der Waals surface area contributed by atoms with Crippen molar-refractivity contribution in [1.29, 1.82) is 0 Å². The first-order chi connectivity index (χ1) is 7.99. The van der Waals surface area contributed by atoms with Gasteiger partial charge in [0.2, 0.25) is 0 Å². The molecule has 0 unspecified atom stereocenters. The van der Waals surface area contributed by atoms with Crippen molar-refractivity contribution in [3.8, 4) is 0 Å². The van der Waals surface area contributed by atoms with Gasteiger partial charge in [-0.2, -0.15) is 13.2 Å². The number of benzene rings is 1. The van der Waals surface area contributed by atoms with Crippen LogP contribution in [-0.2, 0) is 6.18 Å². The van der Waals surface area contributed by atoms with Crippen molar-refractivity contribution in [1.82, 2.24) is 0 Å². The summed E-state index contributed by atoms with van der Waals surface area (Å²) in [6.07, 6.45) is -4.08. The number of alkyl halides is 3. The van der Waals surface area contributed by atoms with E-state index in [1.54, 1.807) is 0 Å². The molecule has 0 bridgehead atoms. The first-order valence-electron chi connectivity index (χ1n) is 4.92. The van der Waals surface area contributed by atoms with E-state index in [4.69, 9.17) is 11.7 Å². The standard InChI is InChI=1S/C11H11F3N2O/c1-15-10-4-3-8(16-5-2-6-17)7-9(10)11(12,13)14/h3-4,7,16-17H,2,5-6H2. The fourth-order valence-electron chi connectivity index (χ4n) is 1.28. The fraction of sp³-hybridized carbons (Fsp3) is 0.364. The number of halogens is 3. The molecule has 17 heavy (non-hydrogen) atoms. The smallest absolute Gasteiger partial charge is 0.396 e. The van der Waals surface area contributed by atoms with Gasteiger partial charge in [0.15, 0.2) is 5.69 Å². The van der Waals surface area contributed by atoms with Crippen molar-refractivity contribution in [2.45, 2.75) is 12.6 Å². The molecule has 0 aliphatic heterocycles. The molecule has 0 amide bonds. The van der Waals surface area contributed by atoms with Gasteiger partial charge in [-0.15, -0.1) is 0 Å². The number of nitrogens with zero attached hydrogens (tertiary/aromatic N) is 1. The van der Waals surface area contributed by atoms with Crippen LogP contribution in [0.3, 0.4) is 0 Å². The molecular formula is C11H11F3N2O. The minimum absolute atomic E-state index is 0.0285. The lowest BCUT2D eigenvalue weighted by Crippen LogP contribution is -2.08. The second-order valence-corrected chi connectivity index (χ2v) is 3.35. The van der Waals surface area contributed by atoms with Crippen LogP contribution in [0.15, 0.2) is 18.2 Å². The van der Waals surface area contributed by atoms with Gasteiger partial charge in [-0.3, -0.25) is 0 Å². The predicted molar refractivity (Wildman–Crippen MR) is 57.9 cm³/mol. The van der Waals surface area contributed by atoms with E-state index in [1.165, 1.54) is 6.07 Å². The molecule has 92 valence electrons. The Labute approximate surface area is 96.7 Å². The summed E-state index contributed by atoms with van der Waals surface area (Å²) in [4.78, 5) is 2.84. The number of anilines is 1. The Balaban J connectivity index is 2.94. The topological polar surface area (TPSA) is 36.6 Å². The number of hydrogen-bond acceptors (Lipinski definition) is 2. The van der Waals surface area contributed by atoms with Gasteiger partial charge >= 0.3 is 6.18 Å². The highest BCUT2D eigenvalue weighted by atomic mass is 19.4. The molecule has 1 rings (SSSR count). The van der Waals surface area contributed by atoms with Crippen LogP contribution in [0.5, 0.6) is 0 Å². The van der Waals surface area contributed by atoms with E-state index in [0.29, 0.717) is 13.0 Å². The molecule has 0 spiro atoms. The SMILES string of the molecule is [C-]#[N+]c1ccc(NCCCO)cc1C(F)(F)F. The zero-order valence-electron chi connectivity index (χ0n) is 8.88. The van der Waals surface area contributed by atoms with Crippen molar-refractivity contribution in [3.05, 3.63) is 35.2 Å². The lowest BCUT2D eigenvalue weighted by molar-refractivity contribution is -0.136. The highest BCUT2D eigenvalue weighted by Crippen LogP contribution is 2.37. The number of aliphatic hydroxyl groups excluding tert-OH is 1. The van der Waals surface area contributed by atoms with Gasteiger partial charge in [-0.1, -0.05) is 6.07 Å². The minimum atomic E-state index is -4.53. The third-order valence-electron chi connectivity index (χ3n) is 2.09. The van der Waals surface area contributed by atoms with Crippen molar-refractivity contribution < 1.29 is 18.3 Å². The van der Waals surface area contributed by atoms with Crippen molar-refractivity contribution in [3.63, 3.8) is 0 Å². The Morgan fingerprint density at radius 1 is 1.35 bits per heavy atom. The quantitative estimate of drug-likeness (QED) is 0.631. The van der Waals surface area contributed by atoms with Crippen LogP contribution in [-0.4, -0.2) is 18.3 Å². The van der Waals surface area contributed by atoms with Gasteiger partial charge in [0.25, 0.3) is 0 Å². The summed E-state index contributed by atoms with van der Waals surface area (Å²) in [7, 11) is 0. The van der Waals surface area contributed by atoms with Gasteiger partial charge in [0, 0.05) is 18.8 Å². The maximum Gasteiger partial charge on any atom is 0.407 e. The molecule has 0 heterocycles. The summed E-state index contributed by atoms with van der Waals surface area (Å²) in [5.41, 5.74) is -1.06. The van der Waals surface area contributed by atoms with Gasteiger partial charge in [-0.05, 0) is 18.6 Å². The monoisotopic (exact) mass is 244 g/mol. The van der Waals surface area contributed by atoms with E-state index >= 15 is 0 Å². The van der Waals surface area contributed by atoms with E-state index in [-0.39, 0.29) is 12.3 Å². The fourth-order valence-corrected chi connectivity index (χ4v) is 1.28. The van der Waals surface area contributed by atoms with Gasteiger partial charge in [0.1, 0.15) is 0 Å². The Morgan fingerprint density at radius 2 is 2.06 bits per heavy atom. The average molecular weight is 244 g/mol. The zero-order chi connectivity index (χ0) is 12.9. The number of hydrogen-bond donors (Lipinski definition) is 2. The highest BCUT2D eigenvalue weighted by Gasteiger charge is 2.33. The average Bonchev–Trinajstić information content (AvgIpc) is 2.28. The Bertz CT molecular complexity index is 424. The van der Waals surface area contributed by atoms with E-state index in [1.807, 2.05) is 0 Å². The first-order valence-corrected chi connectivity index (χ1v) is 4.92. The predicted octanol–water partition coefficient (Wildman–Crippen LogP) is 3.05. The molecule has 0 atom stereocenters. The van der Waals surface area contributed by atoms with Crippen LogP contribution < -0.4 is 5.32 Å². The van der Waals surface area contributed by atoms with E-state index in [2.05, 4.69) is 10.2 Å². The number of rotatable bonds is 4. The second-order valence-electron chi connectivity index (χ2n) is 3.35. The summed E-state index contributed by atoms with van der Waals surface area (Å²) in [5, 5.41) is 11.3. The van der Waals surface area contributed by atoms with Crippen LogP contribution in [0.2, 0.25) is 0 Å². The molecule has 6 heteroatoms. The van der Waals surface area contributed by atoms with Gasteiger partial charge in [0.05, 0.1) is 12.1 Å². The Kier molecular flexibility index (Phi) is 4.35. The lowest BCUT2D eigenvalue weighted by Gasteiger charge is -2.12. The molecule has 0 fully saturated rings. The molecule has 0 aromatic heterocycles. The van der Waals surface area contributed by atoms with Gasteiger partial charge in [-0.25, -0.2) is 4.85 Å². The Morgan fingerprint density at radius 3 is 2.59 bits per heavy atom. The molecule has 0 radical (unpaired) electrons. The summed E-state index contributed by atoms with van der Waals surface area (Å²) in [6.45, 7) is 7.03. The summed E-state index contributed by atoms with van der Waals surface area (Å²) in [6, 6.07) is 3.46. The first kappa shape index (κ1) is 13.3. The molecule has 0 saturated carbocycles.